The number of benzene rings is 1. The van der Waals surface area contributed by atoms with E-state index in [4.69, 9.17) is 9.15 Å². The molecule has 1 aromatic heterocycles. The molecule has 1 amide bonds. The Hall–Kier alpha value is -2.07. The average Bonchev–Trinajstić information content (AvgIpc) is 3.18. The molecule has 1 atom stereocenters. The predicted molar refractivity (Wildman–Crippen MR) is 75.5 cm³/mol. The maximum atomic E-state index is 12.0. The Morgan fingerprint density at radius 2 is 2.10 bits per heavy atom. The monoisotopic (exact) mass is 271 g/mol. The number of furan rings is 1. The van der Waals surface area contributed by atoms with Crippen LogP contribution in [0.4, 0.5) is 0 Å². The first kappa shape index (κ1) is 12.9. The first-order chi connectivity index (χ1) is 9.83. The predicted octanol–water partition coefficient (Wildman–Crippen LogP) is 2.86. The van der Waals surface area contributed by atoms with Crippen molar-refractivity contribution in [3.63, 3.8) is 0 Å². The molecule has 1 aromatic carbocycles. The molecule has 2 aromatic rings. The number of carbonyl (C=O) groups is 1. The van der Waals surface area contributed by atoms with Crippen LogP contribution in [0.2, 0.25) is 0 Å². The van der Waals surface area contributed by atoms with Gasteiger partial charge in [0.05, 0.1) is 12.4 Å². The molecule has 4 nitrogen and oxygen atoms in total. The van der Waals surface area contributed by atoms with Crippen molar-refractivity contribution in [3.05, 3.63) is 48.2 Å². The number of hydrogen-bond donors (Lipinski definition) is 1. The molecule has 2 heterocycles. The van der Waals surface area contributed by atoms with Gasteiger partial charge in [-0.3, -0.25) is 4.79 Å². The Morgan fingerprint density at radius 3 is 2.75 bits per heavy atom. The highest BCUT2D eigenvalue weighted by Gasteiger charge is 2.16. The van der Waals surface area contributed by atoms with Crippen molar-refractivity contribution in [1.82, 2.24) is 5.32 Å². The lowest BCUT2D eigenvalue weighted by molar-refractivity contribution is 0.0858. The summed E-state index contributed by atoms with van der Waals surface area (Å²) in [5, 5.41) is 2.91. The fourth-order valence-electron chi connectivity index (χ4n) is 2.34. The lowest BCUT2D eigenvalue weighted by atomic mass is 10.1. The summed E-state index contributed by atoms with van der Waals surface area (Å²) in [5.41, 5.74) is 1.61. The standard InChI is InChI=1S/C16H17NO3/c18-16(17-11-14-3-1-9-19-14)13-7-5-12(6-8-13)15-4-2-10-20-15/h2,4-8,10,14H,1,3,9,11H2,(H,17,18). The van der Waals surface area contributed by atoms with Gasteiger partial charge in [-0.1, -0.05) is 12.1 Å². The second kappa shape index (κ2) is 5.92. The van der Waals surface area contributed by atoms with Crippen molar-refractivity contribution in [2.45, 2.75) is 18.9 Å². The van der Waals surface area contributed by atoms with E-state index in [9.17, 15) is 4.79 Å². The van der Waals surface area contributed by atoms with Gasteiger partial charge in [0.1, 0.15) is 5.76 Å². The van der Waals surface area contributed by atoms with Gasteiger partial charge in [-0.05, 0) is 37.1 Å². The van der Waals surface area contributed by atoms with Crippen LogP contribution in [0, 0.1) is 0 Å². The minimum absolute atomic E-state index is 0.0634. The zero-order chi connectivity index (χ0) is 13.8. The minimum Gasteiger partial charge on any atom is -0.464 e. The normalized spacial score (nSPS) is 18.1. The van der Waals surface area contributed by atoms with Crippen molar-refractivity contribution in [3.8, 4) is 11.3 Å². The maximum Gasteiger partial charge on any atom is 0.251 e. The van der Waals surface area contributed by atoms with Gasteiger partial charge in [0.15, 0.2) is 0 Å². The molecule has 1 fully saturated rings. The minimum atomic E-state index is -0.0634. The van der Waals surface area contributed by atoms with Gasteiger partial charge in [0.25, 0.3) is 5.91 Å². The summed E-state index contributed by atoms with van der Waals surface area (Å²) in [7, 11) is 0. The van der Waals surface area contributed by atoms with Gasteiger partial charge in [-0.15, -0.1) is 0 Å². The van der Waals surface area contributed by atoms with E-state index < -0.39 is 0 Å². The summed E-state index contributed by atoms with van der Waals surface area (Å²) in [5.74, 6) is 0.739. The Bertz CT molecular complexity index is 554. The number of amides is 1. The van der Waals surface area contributed by atoms with Crippen LogP contribution in [0.5, 0.6) is 0 Å². The van der Waals surface area contributed by atoms with Crippen LogP contribution < -0.4 is 5.32 Å². The SMILES string of the molecule is O=C(NCC1CCCO1)c1ccc(-c2ccco2)cc1. The largest absolute Gasteiger partial charge is 0.464 e. The molecule has 0 spiro atoms. The number of carbonyl (C=O) groups excluding carboxylic acids is 1. The molecule has 1 saturated heterocycles. The quantitative estimate of drug-likeness (QED) is 0.930. The number of nitrogens with one attached hydrogen (secondary N) is 1. The van der Waals surface area contributed by atoms with Gasteiger partial charge in [-0.25, -0.2) is 0 Å². The number of ether oxygens (including phenoxy) is 1. The molecule has 1 N–H and O–H groups in total. The summed E-state index contributed by atoms with van der Waals surface area (Å²) in [6.07, 6.45) is 3.91. The summed E-state index contributed by atoms with van der Waals surface area (Å²) >= 11 is 0. The Kier molecular flexibility index (Phi) is 3.83. The third-order valence-electron chi connectivity index (χ3n) is 3.47. The van der Waals surface area contributed by atoms with Gasteiger partial charge in [-0.2, -0.15) is 0 Å². The van der Waals surface area contributed by atoms with Crippen LogP contribution >= 0.6 is 0 Å². The molecule has 1 aliphatic heterocycles. The van der Waals surface area contributed by atoms with E-state index in [0.717, 1.165) is 30.8 Å². The van der Waals surface area contributed by atoms with E-state index in [1.165, 1.54) is 0 Å². The van der Waals surface area contributed by atoms with E-state index in [0.29, 0.717) is 12.1 Å². The first-order valence-corrected chi connectivity index (χ1v) is 6.87. The third-order valence-corrected chi connectivity index (χ3v) is 3.47. The highest BCUT2D eigenvalue weighted by Crippen LogP contribution is 2.20. The van der Waals surface area contributed by atoms with Crippen molar-refractivity contribution in [2.75, 3.05) is 13.2 Å². The second-order valence-electron chi connectivity index (χ2n) is 4.90. The number of rotatable bonds is 4. The first-order valence-electron chi connectivity index (χ1n) is 6.87. The molecule has 20 heavy (non-hydrogen) atoms. The van der Waals surface area contributed by atoms with Crippen molar-refractivity contribution >= 4 is 5.91 Å². The zero-order valence-electron chi connectivity index (χ0n) is 11.2. The van der Waals surface area contributed by atoms with Gasteiger partial charge in [0, 0.05) is 24.3 Å². The van der Waals surface area contributed by atoms with Crippen LogP contribution in [0.3, 0.4) is 0 Å². The van der Waals surface area contributed by atoms with Crippen LogP contribution in [0.15, 0.2) is 47.1 Å². The Balaban J connectivity index is 1.60. The van der Waals surface area contributed by atoms with Crippen molar-refractivity contribution in [2.24, 2.45) is 0 Å². The highest BCUT2D eigenvalue weighted by atomic mass is 16.5. The van der Waals surface area contributed by atoms with Crippen LogP contribution in [-0.4, -0.2) is 25.2 Å². The second-order valence-corrected chi connectivity index (χ2v) is 4.90. The average molecular weight is 271 g/mol. The van der Waals surface area contributed by atoms with Crippen LogP contribution in [0.25, 0.3) is 11.3 Å². The highest BCUT2D eigenvalue weighted by molar-refractivity contribution is 5.94. The molecule has 1 aliphatic rings. The molecule has 0 radical (unpaired) electrons. The molecular weight excluding hydrogens is 254 g/mol. The summed E-state index contributed by atoms with van der Waals surface area (Å²) in [6, 6.07) is 11.1. The fourth-order valence-corrected chi connectivity index (χ4v) is 2.34. The summed E-state index contributed by atoms with van der Waals surface area (Å²) < 4.78 is 10.8. The van der Waals surface area contributed by atoms with Crippen molar-refractivity contribution in [1.29, 1.82) is 0 Å². The summed E-state index contributed by atoms with van der Waals surface area (Å²) in [4.78, 5) is 12.0. The molecule has 3 rings (SSSR count). The molecule has 104 valence electrons. The molecule has 0 bridgehead atoms. The third kappa shape index (κ3) is 2.91. The van der Waals surface area contributed by atoms with E-state index in [1.807, 2.05) is 36.4 Å². The molecular formula is C16H17NO3. The van der Waals surface area contributed by atoms with Crippen LogP contribution in [-0.2, 0) is 4.74 Å². The van der Waals surface area contributed by atoms with Crippen molar-refractivity contribution < 1.29 is 13.9 Å². The maximum absolute atomic E-state index is 12.0. The molecule has 0 saturated carbocycles. The Labute approximate surface area is 117 Å². The van der Waals surface area contributed by atoms with Gasteiger partial charge in [0.2, 0.25) is 0 Å². The summed E-state index contributed by atoms with van der Waals surface area (Å²) in [6.45, 7) is 1.39. The molecule has 1 unspecified atom stereocenters. The van der Waals surface area contributed by atoms with Crippen LogP contribution in [0.1, 0.15) is 23.2 Å². The van der Waals surface area contributed by atoms with E-state index in [1.54, 1.807) is 6.26 Å². The van der Waals surface area contributed by atoms with Gasteiger partial charge >= 0.3 is 0 Å². The van der Waals surface area contributed by atoms with E-state index in [-0.39, 0.29) is 12.0 Å². The zero-order valence-corrected chi connectivity index (χ0v) is 11.2. The Morgan fingerprint density at radius 1 is 1.25 bits per heavy atom. The van der Waals surface area contributed by atoms with E-state index >= 15 is 0 Å². The molecule has 0 aliphatic carbocycles. The smallest absolute Gasteiger partial charge is 0.251 e. The van der Waals surface area contributed by atoms with Gasteiger partial charge < -0.3 is 14.5 Å². The van der Waals surface area contributed by atoms with E-state index in [2.05, 4.69) is 5.32 Å². The topological polar surface area (TPSA) is 51.5 Å². The lowest BCUT2D eigenvalue weighted by Gasteiger charge is -2.10. The number of hydrogen-bond acceptors (Lipinski definition) is 3. The lowest BCUT2D eigenvalue weighted by Crippen LogP contribution is -2.31. The molecule has 4 heteroatoms. The fraction of sp³-hybridized carbons (Fsp3) is 0.312.